The van der Waals surface area contributed by atoms with Crippen molar-refractivity contribution in [2.75, 3.05) is 21.3 Å². The molecule has 0 aliphatic carbocycles. The highest BCUT2D eigenvalue weighted by molar-refractivity contribution is 6.00. The lowest BCUT2D eigenvalue weighted by atomic mass is 10.1. The SMILES string of the molecule is COc1ccc(CC(=O)n2cc(-c3ccc(OC)c(OC)c3)c3cccnc32)cc1. The van der Waals surface area contributed by atoms with Gasteiger partial charge in [-0.05, 0) is 47.5 Å². The lowest BCUT2D eigenvalue weighted by molar-refractivity contribution is 0.0919. The zero-order valence-corrected chi connectivity index (χ0v) is 17.1. The van der Waals surface area contributed by atoms with E-state index in [2.05, 4.69) is 4.98 Å². The van der Waals surface area contributed by atoms with E-state index >= 15 is 0 Å². The van der Waals surface area contributed by atoms with Crippen molar-refractivity contribution in [2.24, 2.45) is 0 Å². The van der Waals surface area contributed by atoms with E-state index in [1.165, 1.54) is 0 Å². The number of aromatic nitrogens is 2. The highest BCUT2D eigenvalue weighted by Gasteiger charge is 2.17. The number of rotatable bonds is 6. The highest BCUT2D eigenvalue weighted by Crippen LogP contribution is 2.36. The molecular weight excluding hydrogens is 380 g/mol. The van der Waals surface area contributed by atoms with Crippen LogP contribution < -0.4 is 14.2 Å². The van der Waals surface area contributed by atoms with Gasteiger partial charge in [0, 0.05) is 23.3 Å². The quantitative estimate of drug-likeness (QED) is 0.471. The van der Waals surface area contributed by atoms with Gasteiger partial charge in [0.2, 0.25) is 5.91 Å². The van der Waals surface area contributed by atoms with Crippen LogP contribution in [0.3, 0.4) is 0 Å². The number of pyridine rings is 1. The molecule has 0 radical (unpaired) electrons. The van der Waals surface area contributed by atoms with Gasteiger partial charge in [0.15, 0.2) is 11.5 Å². The molecule has 2 aromatic carbocycles. The number of methoxy groups -OCH3 is 3. The molecule has 0 spiro atoms. The van der Waals surface area contributed by atoms with Crippen molar-refractivity contribution in [3.8, 4) is 28.4 Å². The molecule has 2 heterocycles. The van der Waals surface area contributed by atoms with Crippen LogP contribution in [-0.2, 0) is 6.42 Å². The highest BCUT2D eigenvalue weighted by atomic mass is 16.5. The van der Waals surface area contributed by atoms with E-state index in [9.17, 15) is 4.79 Å². The van der Waals surface area contributed by atoms with Crippen molar-refractivity contribution in [1.82, 2.24) is 9.55 Å². The topological polar surface area (TPSA) is 62.6 Å². The maximum Gasteiger partial charge on any atom is 0.236 e. The van der Waals surface area contributed by atoms with E-state index in [0.717, 1.165) is 27.8 Å². The van der Waals surface area contributed by atoms with Gasteiger partial charge >= 0.3 is 0 Å². The van der Waals surface area contributed by atoms with Crippen molar-refractivity contribution < 1.29 is 19.0 Å². The van der Waals surface area contributed by atoms with E-state index in [1.54, 1.807) is 32.1 Å². The third-order valence-electron chi connectivity index (χ3n) is 5.04. The first-order valence-corrected chi connectivity index (χ1v) is 9.49. The van der Waals surface area contributed by atoms with Crippen LogP contribution in [0.4, 0.5) is 0 Å². The fourth-order valence-electron chi connectivity index (χ4n) is 3.49. The van der Waals surface area contributed by atoms with Gasteiger partial charge in [-0.15, -0.1) is 0 Å². The molecule has 0 fully saturated rings. The maximum atomic E-state index is 13.1. The molecule has 0 unspecified atom stereocenters. The normalized spacial score (nSPS) is 10.8. The van der Waals surface area contributed by atoms with Gasteiger partial charge in [-0.3, -0.25) is 9.36 Å². The fraction of sp³-hybridized carbons (Fsp3) is 0.167. The van der Waals surface area contributed by atoms with E-state index in [1.807, 2.05) is 60.8 Å². The number of benzene rings is 2. The Morgan fingerprint density at radius 1 is 0.933 bits per heavy atom. The first-order valence-electron chi connectivity index (χ1n) is 9.49. The minimum absolute atomic E-state index is 0.0596. The van der Waals surface area contributed by atoms with Crippen LogP contribution in [0.5, 0.6) is 17.2 Å². The standard InChI is InChI=1S/C24H22N2O4/c1-28-18-9-6-16(7-10-18)13-23(27)26-15-20(19-5-4-12-25-24(19)26)17-8-11-21(29-2)22(14-17)30-3/h4-12,14-15H,13H2,1-3H3. The van der Waals surface area contributed by atoms with Crippen LogP contribution in [0.2, 0.25) is 0 Å². The summed E-state index contributed by atoms with van der Waals surface area (Å²) in [5, 5.41) is 0.896. The van der Waals surface area contributed by atoms with Crippen molar-refractivity contribution >= 4 is 16.9 Å². The van der Waals surface area contributed by atoms with E-state index in [-0.39, 0.29) is 12.3 Å². The Bertz CT molecular complexity index is 1200. The molecule has 30 heavy (non-hydrogen) atoms. The summed E-state index contributed by atoms with van der Waals surface area (Å²) in [7, 11) is 4.82. The van der Waals surface area contributed by atoms with Crippen LogP contribution in [0.1, 0.15) is 10.4 Å². The molecule has 0 amide bonds. The number of ether oxygens (including phenoxy) is 3. The summed E-state index contributed by atoms with van der Waals surface area (Å²) >= 11 is 0. The second-order valence-electron chi connectivity index (χ2n) is 6.78. The summed E-state index contributed by atoms with van der Waals surface area (Å²) in [6.07, 6.45) is 3.79. The van der Waals surface area contributed by atoms with Crippen LogP contribution in [0.25, 0.3) is 22.2 Å². The molecule has 0 N–H and O–H groups in total. The maximum absolute atomic E-state index is 13.1. The zero-order valence-electron chi connectivity index (χ0n) is 17.1. The summed E-state index contributed by atoms with van der Waals surface area (Å²) in [6.45, 7) is 0. The smallest absolute Gasteiger partial charge is 0.236 e. The van der Waals surface area contributed by atoms with Crippen molar-refractivity contribution in [3.05, 3.63) is 72.6 Å². The molecule has 4 rings (SSSR count). The Hall–Kier alpha value is -3.80. The summed E-state index contributed by atoms with van der Waals surface area (Å²) in [5.74, 6) is 1.98. The number of carbonyl (C=O) groups is 1. The Balaban J connectivity index is 1.74. The molecule has 0 aliphatic heterocycles. The number of hydrogen-bond donors (Lipinski definition) is 0. The lowest BCUT2D eigenvalue weighted by Gasteiger charge is -2.09. The number of fused-ring (bicyclic) bond motifs is 1. The second-order valence-corrected chi connectivity index (χ2v) is 6.78. The minimum atomic E-state index is -0.0596. The number of hydrogen-bond acceptors (Lipinski definition) is 5. The Labute approximate surface area is 174 Å². The van der Waals surface area contributed by atoms with Crippen LogP contribution >= 0.6 is 0 Å². The van der Waals surface area contributed by atoms with E-state index < -0.39 is 0 Å². The summed E-state index contributed by atoms with van der Waals surface area (Å²) in [4.78, 5) is 17.6. The summed E-state index contributed by atoms with van der Waals surface area (Å²) in [6, 6.07) is 17.0. The van der Waals surface area contributed by atoms with Crippen molar-refractivity contribution in [1.29, 1.82) is 0 Å². The number of nitrogens with zero attached hydrogens (tertiary/aromatic N) is 2. The van der Waals surface area contributed by atoms with Crippen molar-refractivity contribution in [3.63, 3.8) is 0 Å². The first-order chi connectivity index (χ1) is 14.6. The molecule has 0 saturated carbocycles. The molecule has 2 aromatic heterocycles. The largest absolute Gasteiger partial charge is 0.497 e. The molecule has 6 nitrogen and oxygen atoms in total. The van der Waals surface area contributed by atoms with Crippen molar-refractivity contribution in [2.45, 2.75) is 6.42 Å². The van der Waals surface area contributed by atoms with E-state index in [0.29, 0.717) is 17.1 Å². The fourth-order valence-corrected chi connectivity index (χ4v) is 3.49. The monoisotopic (exact) mass is 402 g/mol. The molecular formula is C24H22N2O4. The van der Waals surface area contributed by atoms with Gasteiger partial charge in [-0.2, -0.15) is 0 Å². The third kappa shape index (κ3) is 3.59. The Morgan fingerprint density at radius 2 is 1.70 bits per heavy atom. The van der Waals surface area contributed by atoms with Gasteiger partial charge in [-0.25, -0.2) is 4.98 Å². The lowest BCUT2D eigenvalue weighted by Crippen LogP contribution is -2.12. The molecule has 0 atom stereocenters. The average molecular weight is 402 g/mol. The zero-order chi connectivity index (χ0) is 21.1. The van der Waals surface area contributed by atoms with Gasteiger partial charge in [0.05, 0.1) is 27.8 Å². The van der Waals surface area contributed by atoms with Gasteiger partial charge in [0.25, 0.3) is 0 Å². The predicted octanol–water partition coefficient (Wildman–Crippen LogP) is 4.61. The second kappa shape index (κ2) is 8.29. The average Bonchev–Trinajstić information content (AvgIpc) is 3.19. The van der Waals surface area contributed by atoms with Crippen LogP contribution in [-0.4, -0.2) is 36.8 Å². The molecule has 0 aliphatic rings. The van der Waals surface area contributed by atoms with E-state index in [4.69, 9.17) is 14.2 Å². The summed E-state index contributed by atoms with van der Waals surface area (Å²) in [5.41, 5.74) is 3.36. The molecule has 152 valence electrons. The molecule has 4 aromatic rings. The summed E-state index contributed by atoms with van der Waals surface area (Å²) < 4.78 is 17.6. The van der Waals surface area contributed by atoms with Gasteiger partial charge in [0.1, 0.15) is 11.4 Å². The third-order valence-corrected chi connectivity index (χ3v) is 5.04. The molecule has 0 saturated heterocycles. The Morgan fingerprint density at radius 3 is 2.40 bits per heavy atom. The van der Waals surface area contributed by atoms with Crippen LogP contribution in [0, 0.1) is 0 Å². The predicted molar refractivity (Wildman–Crippen MR) is 116 cm³/mol. The minimum Gasteiger partial charge on any atom is -0.497 e. The number of carbonyl (C=O) groups excluding carboxylic acids is 1. The molecule has 6 heteroatoms. The molecule has 0 bridgehead atoms. The first kappa shape index (κ1) is 19.5. The van der Waals surface area contributed by atoms with Gasteiger partial charge < -0.3 is 14.2 Å². The Kier molecular flexibility index (Phi) is 5.39. The van der Waals surface area contributed by atoms with Gasteiger partial charge in [-0.1, -0.05) is 18.2 Å². The van der Waals surface area contributed by atoms with Crippen LogP contribution in [0.15, 0.2) is 67.0 Å².